The predicted octanol–water partition coefficient (Wildman–Crippen LogP) is 2.93. The summed E-state index contributed by atoms with van der Waals surface area (Å²) in [6.45, 7) is 2.53. The van der Waals surface area contributed by atoms with Crippen LogP contribution in [0.3, 0.4) is 0 Å². The maximum absolute atomic E-state index is 12.0. The average molecular weight is 258 g/mol. The Balaban J connectivity index is 1.99. The van der Waals surface area contributed by atoms with Crippen molar-refractivity contribution in [2.45, 2.75) is 39.2 Å². The molecule has 1 aliphatic carbocycles. The van der Waals surface area contributed by atoms with Crippen LogP contribution in [0.2, 0.25) is 0 Å². The third-order valence-corrected chi connectivity index (χ3v) is 3.57. The molecule has 1 amide bonds. The first-order chi connectivity index (χ1) is 9.20. The van der Waals surface area contributed by atoms with Crippen LogP contribution in [0.5, 0.6) is 0 Å². The molecule has 19 heavy (non-hydrogen) atoms. The number of amides is 1. The summed E-state index contributed by atoms with van der Waals surface area (Å²) < 4.78 is 5.14. The van der Waals surface area contributed by atoms with E-state index in [1.165, 1.54) is 0 Å². The molecule has 0 aliphatic heterocycles. The Morgan fingerprint density at radius 2 is 2.26 bits per heavy atom. The largest absolute Gasteiger partial charge is 0.467 e. The number of allylic oxidation sites excluding steroid dienone is 1. The number of carbonyl (C=O) groups is 1. The Kier molecular flexibility index (Phi) is 4.40. The van der Waals surface area contributed by atoms with E-state index in [4.69, 9.17) is 4.42 Å². The quantitative estimate of drug-likeness (QED) is 0.669. The Bertz CT molecular complexity index is 499. The number of furan rings is 1. The van der Waals surface area contributed by atoms with Gasteiger partial charge in [-0.1, -0.05) is 6.92 Å². The lowest BCUT2D eigenvalue weighted by molar-refractivity contribution is -0.117. The van der Waals surface area contributed by atoms with E-state index < -0.39 is 0 Å². The van der Waals surface area contributed by atoms with Gasteiger partial charge in [0.25, 0.3) is 5.91 Å². The number of hydrogen-bond acceptors (Lipinski definition) is 3. The van der Waals surface area contributed by atoms with Crippen molar-refractivity contribution >= 4 is 5.91 Å². The summed E-state index contributed by atoms with van der Waals surface area (Å²) in [6, 6.07) is 5.62. The molecule has 4 heteroatoms. The predicted molar refractivity (Wildman–Crippen MR) is 70.8 cm³/mol. The van der Waals surface area contributed by atoms with Crippen LogP contribution in [0.4, 0.5) is 0 Å². The van der Waals surface area contributed by atoms with Crippen LogP contribution in [0.25, 0.3) is 0 Å². The number of nitrogens with one attached hydrogen (secondary N) is 1. The van der Waals surface area contributed by atoms with E-state index in [2.05, 4.69) is 18.3 Å². The highest BCUT2D eigenvalue weighted by atomic mass is 16.3. The first-order valence-corrected chi connectivity index (χ1v) is 6.63. The first kappa shape index (κ1) is 13.4. The minimum atomic E-state index is -0.288. The third-order valence-electron chi connectivity index (χ3n) is 3.57. The van der Waals surface area contributed by atoms with Gasteiger partial charge in [0.05, 0.1) is 12.8 Å². The van der Waals surface area contributed by atoms with Gasteiger partial charge < -0.3 is 9.73 Å². The Morgan fingerprint density at radius 3 is 2.84 bits per heavy atom. The summed E-state index contributed by atoms with van der Waals surface area (Å²) >= 11 is 0. The molecule has 2 rings (SSSR count). The molecule has 0 atom stereocenters. The van der Waals surface area contributed by atoms with Crippen molar-refractivity contribution in [1.82, 2.24) is 5.32 Å². The first-order valence-electron chi connectivity index (χ1n) is 6.63. The molecule has 1 saturated carbocycles. The number of nitrogens with zero attached hydrogens (tertiary/aromatic N) is 1. The minimum absolute atomic E-state index is 0.288. The van der Waals surface area contributed by atoms with Gasteiger partial charge >= 0.3 is 0 Å². The summed E-state index contributed by atoms with van der Waals surface area (Å²) in [4.78, 5) is 12.0. The van der Waals surface area contributed by atoms with Crippen LogP contribution in [0.1, 0.15) is 38.4 Å². The van der Waals surface area contributed by atoms with Crippen molar-refractivity contribution in [3.63, 3.8) is 0 Å². The standard InChI is InChI=1S/C15H18N2O2/c1-11-4-6-12(7-5-11)14(9-16)15(18)17-10-13-3-2-8-19-13/h2-3,8,11H,4-7,10H2,1H3,(H,17,18). The molecule has 1 fully saturated rings. The van der Waals surface area contributed by atoms with Gasteiger partial charge in [-0.15, -0.1) is 0 Å². The van der Waals surface area contributed by atoms with E-state index >= 15 is 0 Å². The molecule has 1 aromatic rings. The van der Waals surface area contributed by atoms with Gasteiger partial charge in [-0.2, -0.15) is 5.26 Å². The molecule has 0 unspecified atom stereocenters. The lowest BCUT2D eigenvalue weighted by Gasteiger charge is -2.21. The smallest absolute Gasteiger partial charge is 0.262 e. The monoisotopic (exact) mass is 258 g/mol. The lowest BCUT2D eigenvalue weighted by atomic mass is 9.85. The van der Waals surface area contributed by atoms with E-state index in [1.807, 2.05) is 0 Å². The highest BCUT2D eigenvalue weighted by Gasteiger charge is 2.20. The summed E-state index contributed by atoms with van der Waals surface area (Å²) in [7, 11) is 0. The molecule has 0 aromatic carbocycles. The second kappa shape index (κ2) is 6.24. The summed E-state index contributed by atoms with van der Waals surface area (Å²) in [5.74, 6) is 1.09. The fraction of sp³-hybridized carbons (Fsp3) is 0.467. The van der Waals surface area contributed by atoms with Crippen LogP contribution >= 0.6 is 0 Å². The zero-order valence-electron chi connectivity index (χ0n) is 11.1. The summed E-state index contributed by atoms with van der Waals surface area (Å²) in [5, 5.41) is 11.9. The highest BCUT2D eigenvalue weighted by Crippen LogP contribution is 2.29. The van der Waals surface area contributed by atoms with E-state index in [1.54, 1.807) is 18.4 Å². The molecule has 0 radical (unpaired) electrons. The van der Waals surface area contributed by atoms with Crippen LogP contribution in [-0.2, 0) is 11.3 Å². The molecule has 1 N–H and O–H groups in total. The maximum Gasteiger partial charge on any atom is 0.262 e. The number of hydrogen-bond donors (Lipinski definition) is 1. The Morgan fingerprint density at radius 1 is 1.53 bits per heavy atom. The van der Waals surface area contributed by atoms with E-state index in [9.17, 15) is 10.1 Å². The van der Waals surface area contributed by atoms with Crippen molar-refractivity contribution < 1.29 is 9.21 Å². The number of rotatable bonds is 3. The molecular formula is C15H18N2O2. The molecule has 0 bridgehead atoms. The van der Waals surface area contributed by atoms with E-state index in [0.717, 1.165) is 31.3 Å². The van der Waals surface area contributed by atoms with Crippen molar-refractivity contribution in [2.24, 2.45) is 5.92 Å². The second-order valence-corrected chi connectivity index (χ2v) is 5.03. The van der Waals surface area contributed by atoms with Gasteiger partial charge in [0.2, 0.25) is 0 Å². The van der Waals surface area contributed by atoms with Crippen LogP contribution in [0.15, 0.2) is 34.0 Å². The van der Waals surface area contributed by atoms with Gasteiger partial charge in [-0.25, -0.2) is 0 Å². The molecule has 4 nitrogen and oxygen atoms in total. The van der Waals surface area contributed by atoms with Gasteiger partial charge in [0.1, 0.15) is 17.4 Å². The van der Waals surface area contributed by atoms with E-state index in [0.29, 0.717) is 23.8 Å². The Hall–Kier alpha value is -2.02. The molecule has 100 valence electrons. The van der Waals surface area contributed by atoms with Crippen LogP contribution in [-0.4, -0.2) is 5.91 Å². The lowest BCUT2D eigenvalue weighted by Crippen LogP contribution is -2.25. The summed E-state index contributed by atoms with van der Waals surface area (Å²) in [6.07, 6.45) is 5.40. The normalized spacial score (nSPS) is 18.7. The topological polar surface area (TPSA) is 66.0 Å². The van der Waals surface area contributed by atoms with Gasteiger partial charge in [-0.05, 0) is 49.3 Å². The molecule has 1 aromatic heterocycles. The third kappa shape index (κ3) is 3.47. The van der Waals surface area contributed by atoms with Gasteiger partial charge in [0.15, 0.2) is 0 Å². The summed E-state index contributed by atoms with van der Waals surface area (Å²) in [5.41, 5.74) is 1.29. The zero-order chi connectivity index (χ0) is 13.7. The van der Waals surface area contributed by atoms with Crippen LogP contribution in [0, 0.1) is 17.2 Å². The van der Waals surface area contributed by atoms with Gasteiger partial charge in [-0.3, -0.25) is 4.79 Å². The fourth-order valence-electron chi connectivity index (χ4n) is 2.32. The Labute approximate surface area is 113 Å². The van der Waals surface area contributed by atoms with Gasteiger partial charge in [0, 0.05) is 0 Å². The van der Waals surface area contributed by atoms with Crippen molar-refractivity contribution in [3.8, 4) is 6.07 Å². The minimum Gasteiger partial charge on any atom is -0.467 e. The molecular weight excluding hydrogens is 240 g/mol. The van der Waals surface area contributed by atoms with Crippen molar-refractivity contribution in [3.05, 3.63) is 35.3 Å². The second-order valence-electron chi connectivity index (χ2n) is 5.03. The molecule has 0 saturated heterocycles. The highest BCUT2D eigenvalue weighted by molar-refractivity contribution is 5.98. The van der Waals surface area contributed by atoms with Crippen molar-refractivity contribution in [1.29, 1.82) is 5.26 Å². The van der Waals surface area contributed by atoms with Crippen molar-refractivity contribution in [2.75, 3.05) is 0 Å². The van der Waals surface area contributed by atoms with Crippen LogP contribution < -0.4 is 5.32 Å². The molecule has 1 heterocycles. The number of carbonyl (C=O) groups excluding carboxylic acids is 1. The molecule has 0 spiro atoms. The number of nitriles is 1. The van der Waals surface area contributed by atoms with E-state index in [-0.39, 0.29) is 5.91 Å². The molecule has 1 aliphatic rings. The zero-order valence-corrected chi connectivity index (χ0v) is 11.1. The average Bonchev–Trinajstić information content (AvgIpc) is 2.92. The SMILES string of the molecule is CC1CCC(=C(C#N)C(=O)NCc2ccco2)CC1. The fourth-order valence-corrected chi connectivity index (χ4v) is 2.32. The maximum atomic E-state index is 12.0.